The SMILES string of the molecule is CCC(C)CCCCCCCCCCCCCCCCC(=O)OC[C@H](COP(=O)(O)OC[C@@H](O)COP(=O)(O)OC[C@@H](COC(=O)CCCCCCCCC(C)C)OC(=O)CCCCCCCCCC(C)C)OC(=O)CCCCCCCCCCCCCCCCCCCCC(C)C. The summed E-state index contributed by atoms with van der Waals surface area (Å²) >= 11 is 0. The molecule has 0 fully saturated rings. The maximum Gasteiger partial charge on any atom is 0.472 e. The zero-order valence-electron chi connectivity index (χ0n) is 64.4. The van der Waals surface area contributed by atoms with Gasteiger partial charge in [-0.2, -0.15) is 0 Å². The van der Waals surface area contributed by atoms with E-state index in [9.17, 15) is 43.2 Å². The first-order valence-corrected chi connectivity index (χ1v) is 43.7. The molecular formula is C79H154O17P2. The van der Waals surface area contributed by atoms with E-state index in [1.54, 1.807) is 0 Å². The minimum atomic E-state index is -4.96. The standard InChI is InChI=1S/C79H154O17P2/c1-9-72(8)58-50-42-33-27-23-19-16-17-20-24-28-34-43-51-59-76(81)89-65-74(95-78(83)61-53-45-35-29-25-21-15-13-11-10-12-14-18-22-26-31-39-47-55-69(2)3)67-93-97(85,86)91-63-73(80)64-92-98(87,88)94-68-75(66-90-77(82)60-52-44-38-37-41-49-57-71(6)7)96-79(84)62-54-46-36-30-32-40-48-56-70(4)5/h69-75,80H,9-68H2,1-8H3,(H,85,86)(H,87,88)/t72?,73-,74-,75-/m1/s1. The molecule has 0 radical (unpaired) electrons. The zero-order chi connectivity index (χ0) is 72.4. The zero-order valence-corrected chi connectivity index (χ0v) is 66.2. The van der Waals surface area contributed by atoms with Crippen molar-refractivity contribution in [3.8, 4) is 0 Å². The lowest BCUT2D eigenvalue weighted by Crippen LogP contribution is -2.30. The Balaban J connectivity index is 5.19. The lowest BCUT2D eigenvalue weighted by Gasteiger charge is -2.21. The highest BCUT2D eigenvalue weighted by Gasteiger charge is 2.30. The van der Waals surface area contributed by atoms with E-state index in [2.05, 4.69) is 55.4 Å². The number of carbonyl (C=O) groups is 4. The summed E-state index contributed by atoms with van der Waals surface area (Å²) in [4.78, 5) is 72.8. The summed E-state index contributed by atoms with van der Waals surface area (Å²) in [5, 5.41) is 10.6. The number of aliphatic hydroxyl groups is 1. The molecule has 0 bridgehead atoms. The molecule has 0 saturated heterocycles. The van der Waals surface area contributed by atoms with Crippen molar-refractivity contribution in [1.82, 2.24) is 0 Å². The quantitative estimate of drug-likeness (QED) is 0.0222. The van der Waals surface area contributed by atoms with E-state index in [-0.39, 0.29) is 25.7 Å². The third-order valence-corrected chi connectivity index (χ3v) is 20.6. The van der Waals surface area contributed by atoms with Crippen LogP contribution in [0.1, 0.15) is 402 Å². The molecule has 0 spiro atoms. The van der Waals surface area contributed by atoms with Crippen molar-refractivity contribution in [2.24, 2.45) is 23.7 Å². The van der Waals surface area contributed by atoms with Crippen LogP contribution in [-0.2, 0) is 65.4 Å². The molecule has 582 valence electrons. The number of phosphoric acid groups is 2. The monoisotopic (exact) mass is 1440 g/mol. The minimum Gasteiger partial charge on any atom is -0.462 e. The Labute approximate surface area is 600 Å². The molecule has 0 amide bonds. The molecular weight excluding hydrogens is 1280 g/mol. The predicted octanol–water partition coefficient (Wildman–Crippen LogP) is 23.2. The number of esters is 4. The predicted molar refractivity (Wildman–Crippen MR) is 400 cm³/mol. The van der Waals surface area contributed by atoms with E-state index in [4.69, 9.17) is 37.0 Å². The summed E-state index contributed by atoms with van der Waals surface area (Å²) in [6, 6.07) is 0. The first kappa shape index (κ1) is 96.1. The number of carbonyl (C=O) groups excluding carboxylic acids is 4. The summed E-state index contributed by atoms with van der Waals surface area (Å²) in [5.74, 6) is 0.923. The Kier molecular flexibility index (Phi) is 66.8. The molecule has 0 saturated carbocycles. The number of phosphoric ester groups is 2. The van der Waals surface area contributed by atoms with Crippen LogP contribution in [0.25, 0.3) is 0 Å². The van der Waals surface area contributed by atoms with Crippen molar-refractivity contribution < 1.29 is 80.2 Å². The van der Waals surface area contributed by atoms with Crippen LogP contribution in [0.15, 0.2) is 0 Å². The highest BCUT2D eigenvalue weighted by molar-refractivity contribution is 7.47. The summed E-state index contributed by atoms with van der Waals surface area (Å²) < 4.78 is 68.5. The average molecular weight is 1440 g/mol. The number of hydrogen-bond acceptors (Lipinski definition) is 15. The third kappa shape index (κ3) is 71.1. The second kappa shape index (κ2) is 68.2. The Morgan fingerprint density at radius 3 is 0.724 bits per heavy atom. The van der Waals surface area contributed by atoms with Crippen LogP contribution in [-0.4, -0.2) is 96.7 Å². The number of aliphatic hydroxyl groups excluding tert-OH is 1. The van der Waals surface area contributed by atoms with Crippen molar-refractivity contribution in [2.75, 3.05) is 39.6 Å². The van der Waals surface area contributed by atoms with E-state index < -0.39 is 97.5 Å². The largest absolute Gasteiger partial charge is 0.472 e. The maximum absolute atomic E-state index is 13.1. The highest BCUT2D eigenvalue weighted by atomic mass is 31.2. The van der Waals surface area contributed by atoms with E-state index in [1.807, 2.05) is 0 Å². The van der Waals surface area contributed by atoms with Gasteiger partial charge in [0.2, 0.25) is 0 Å². The number of ether oxygens (including phenoxy) is 4. The van der Waals surface area contributed by atoms with Gasteiger partial charge in [-0.3, -0.25) is 37.3 Å². The molecule has 3 unspecified atom stereocenters. The molecule has 17 nitrogen and oxygen atoms in total. The second-order valence-corrected chi connectivity index (χ2v) is 33.0. The molecule has 3 N–H and O–H groups in total. The van der Waals surface area contributed by atoms with Crippen LogP contribution >= 0.6 is 15.6 Å². The maximum atomic E-state index is 13.1. The fourth-order valence-corrected chi connectivity index (χ4v) is 13.6. The topological polar surface area (TPSA) is 237 Å². The summed E-state index contributed by atoms with van der Waals surface area (Å²) in [6.07, 6.45) is 54.5. The van der Waals surface area contributed by atoms with Crippen LogP contribution in [0.4, 0.5) is 0 Å². The van der Waals surface area contributed by atoms with Crippen molar-refractivity contribution in [1.29, 1.82) is 0 Å². The van der Waals surface area contributed by atoms with Crippen LogP contribution in [0.5, 0.6) is 0 Å². The molecule has 0 rings (SSSR count). The molecule has 98 heavy (non-hydrogen) atoms. The minimum absolute atomic E-state index is 0.102. The molecule has 19 heteroatoms. The summed E-state index contributed by atoms with van der Waals surface area (Å²) in [5.41, 5.74) is 0. The molecule has 0 aromatic rings. The van der Waals surface area contributed by atoms with Gasteiger partial charge in [0, 0.05) is 25.7 Å². The Morgan fingerprint density at radius 2 is 0.490 bits per heavy atom. The Morgan fingerprint density at radius 1 is 0.286 bits per heavy atom. The fraction of sp³-hybridized carbons (Fsp3) is 0.949. The van der Waals surface area contributed by atoms with E-state index in [0.717, 1.165) is 108 Å². The first-order chi connectivity index (χ1) is 47.1. The van der Waals surface area contributed by atoms with Gasteiger partial charge in [0.25, 0.3) is 0 Å². The van der Waals surface area contributed by atoms with Crippen molar-refractivity contribution in [3.63, 3.8) is 0 Å². The summed E-state index contributed by atoms with van der Waals surface area (Å²) in [7, 11) is -9.91. The fourth-order valence-electron chi connectivity index (χ4n) is 12.0. The first-order valence-electron chi connectivity index (χ1n) is 40.7. The van der Waals surface area contributed by atoms with Crippen molar-refractivity contribution in [2.45, 2.75) is 420 Å². The lowest BCUT2D eigenvalue weighted by molar-refractivity contribution is -0.161. The van der Waals surface area contributed by atoms with Gasteiger partial charge in [0.1, 0.15) is 19.3 Å². The van der Waals surface area contributed by atoms with Crippen LogP contribution in [0.3, 0.4) is 0 Å². The third-order valence-electron chi connectivity index (χ3n) is 18.7. The van der Waals surface area contributed by atoms with Gasteiger partial charge in [0.15, 0.2) is 12.2 Å². The van der Waals surface area contributed by atoms with Gasteiger partial charge < -0.3 is 33.8 Å². The number of unbranched alkanes of at least 4 members (excludes halogenated alkanes) is 41. The summed E-state index contributed by atoms with van der Waals surface area (Å²) in [6.45, 7) is 14.2. The molecule has 0 aliphatic rings. The van der Waals surface area contributed by atoms with Gasteiger partial charge in [-0.1, -0.05) is 351 Å². The molecule has 0 aliphatic heterocycles. The molecule has 0 aliphatic carbocycles. The normalized spacial score (nSPS) is 14.3. The van der Waals surface area contributed by atoms with E-state index in [1.165, 1.54) is 199 Å². The molecule has 0 heterocycles. The van der Waals surface area contributed by atoms with Crippen LogP contribution in [0, 0.1) is 23.7 Å². The van der Waals surface area contributed by atoms with Gasteiger partial charge in [-0.25, -0.2) is 9.13 Å². The van der Waals surface area contributed by atoms with Crippen molar-refractivity contribution in [3.05, 3.63) is 0 Å². The number of hydrogen-bond donors (Lipinski definition) is 3. The average Bonchev–Trinajstić information content (AvgIpc) is 0.929. The smallest absolute Gasteiger partial charge is 0.462 e. The van der Waals surface area contributed by atoms with Gasteiger partial charge in [-0.05, 0) is 49.4 Å². The van der Waals surface area contributed by atoms with Gasteiger partial charge in [0.05, 0.1) is 26.4 Å². The lowest BCUT2D eigenvalue weighted by atomic mass is 9.99. The number of rotatable bonds is 76. The molecule has 0 aromatic carbocycles. The Hall–Kier alpha value is -1.94. The van der Waals surface area contributed by atoms with Gasteiger partial charge in [-0.15, -0.1) is 0 Å². The van der Waals surface area contributed by atoms with E-state index in [0.29, 0.717) is 37.5 Å². The molecule has 0 aromatic heterocycles. The van der Waals surface area contributed by atoms with Crippen molar-refractivity contribution >= 4 is 39.5 Å². The van der Waals surface area contributed by atoms with E-state index >= 15 is 0 Å². The second-order valence-electron chi connectivity index (χ2n) is 30.1. The van der Waals surface area contributed by atoms with Crippen LogP contribution in [0.2, 0.25) is 0 Å². The molecule has 6 atom stereocenters. The Bertz CT molecular complexity index is 1920. The highest BCUT2D eigenvalue weighted by Crippen LogP contribution is 2.45. The van der Waals surface area contributed by atoms with Crippen LogP contribution < -0.4 is 0 Å². The van der Waals surface area contributed by atoms with Gasteiger partial charge >= 0.3 is 39.5 Å².